The number of carbonyl (C=O) groups is 7. The van der Waals surface area contributed by atoms with Crippen molar-refractivity contribution in [3.8, 4) is 0 Å². The number of carbonyl (C=O) groups excluding carboxylic acids is 5. The van der Waals surface area contributed by atoms with E-state index in [2.05, 4.69) is 26.6 Å². The van der Waals surface area contributed by atoms with E-state index >= 15 is 0 Å². The summed E-state index contributed by atoms with van der Waals surface area (Å²) in [6.45, 7) is -3.69. The van der Waals surface area contributed by atoms with Gasteiger partial charge in [0, 0.05) is 47.5 Å². The van der Waals surface area contributed by atoms with Gasteiger partial charge >= 0.3 is 11.9 Å². The molecule has 0 aliphatic carbocycles. The van der Waals surface area contributed by atoms with E-state index in [-0.39, 0.29) is 0 Å². The van der Waals surface area contributed by atoms with Gasteiger partial charge < -0.3 is 201 Å². The third kappa shape index (κ3) is 19.8. The molecule has 0 aromatic rings. The number of aliphatic carboxylic acids is 2. The van der Waals surface area contributed by atoms with Crippen molar-refractivity contribution in [1.82, 2.24) is 26.6 Å². The lowest BCUT2D eigenvalue weighted by molar-refractivity contribution is -0.385. The molecule has 7 aliphatic rings. The topological polar surface area (TPSA) is 745 Å². The molecular weight excluding hydrogens is 1440 g/mol. The molecule has 7 saturated heterocycles. The normalized spacial score (nSPS) is 43.6. The number of ether oxygens (including phenoxy) is 13. The molecule has 0 saturated carbocycles. The highest BCUT2D eigenvalue weighted by Gasteiger charge is 2.62. The number of aliphatic hydroxyl groups is 20. The molecule has 0 radical (unpaired) electrons. The van der Waals surface area contributed by atoms with Crippen LogP contribution in [0.1, 0.15) is 47.5 Å². The van der Waals surface area contributed by atoms with Crippen molar-refractivity contribution >= 4 is 41.5 Å². The van der Waals surface area contributed by atoms with E-state index < -0.39 is 326 Å². The highest BCUT2D eigenvalue weighted by atomic mass is 16.8. The lowest BCUT2D eigenvalue weighted by atomic mass is 9.88. The van der Waals surface area contributed by atoms with Gasteiger partial charge in [-0.2, -0.15) is 0 Å². The predicted octanol–water partition coefficient (Wildman–Crippen LogP) is -17.1. The van der Waals surface area contributed by atoms with E-state index in [1.54, 1.807) is 0 Å². The zero-order valence-corrected chi connectivity index (χ0v) is 56.6. The molecule has 27 N–H and O–H groups in total. The number of nitrogens with one attached hydrogen (secondary N) is 5. The number of aliphatic hydroxyl groups excluding tert-OH is 20. The van der Waals surface area contributed by atoms with Crippen LogP contribution < -0.4 is 26.6 Å². The molecule has 47 nitrogen and oxygen atoms in total. The summed E-state index contributed by atoms with van der Waals surface area (Å²) in [4.78, 5) is 89.5. The molecule has 0 aromatic heterocycles. The zero-order chi connectivity index (χ0) is 78.3. The number of rotatable bonds is 30. The summed E-state index contributed by atoms with van der Waals surface area (Å²) in [5.41, 5.74) is 0. The third-order valence-electron chi connectivity index (χ3n) is 18.5. The summed E-state index contributed by atoms with van der Waals surface area (Å²) in [6, 6.07) is -9.38. The first-order valence-electron chi connectivity index (χ1n) is 32.8. The minimum absolute atomic E-state index is 0.838. The molecule has 47 heteroatoms. The average Bonchev–Trinajstić information content (AvgIpc) is 0.772. The molecule has 5 amide bonds. The Hall–Kier alpha value is -5.03. The van der Waals surface area contributed by atoms with Crippen LogP contribution >= 0.6 is 0 Å². The third-order valence-corrected chi connectivity index (χ3v) is 18.5. The Morgan fingerprint density at radius 3 is 1.10 bits per heavy atom. The van der Waals surface area contributed by atoms with Gasteiger partial charge in [0.15, 0.2) is 31.5 Å². The van der Waals surface area contributed by atoms with Gasteiger partial charge in [0.05, 0.1) is 70.5 Å². The molecule has 37 atom stereocenters. The van der Waals surface area contributed by atoms with Crippen molar-refractivity contribution in [3.05, 3.63) is 0 Å². The second-order valence-electron chi connectivity index (χ2n) is 26.2. The lowest BCUT2D eigenvalue weighted by Gasteiger charge is -2.51. The molecule has 7 rings (SSSR count). The molecule has 0 aromatic carbocycles. The number of amides is 5. The summed E-state index contributed by atoms with van der Waals surface area (Å²) in [7, 11) is 0. The largest absolute Gasteiger partial charge is 0.477 e. The lowest BCUT2D eigenvalue weighted by Crippen LogP contribution is -2.71. The maximum absolute atomic E-state index is 13.3. The van der Waals surface area contributed by atoms with E-state index in [0.29, 0.717) is 0 Å². The molecule has 105 heavy (non-hydrogen) atoms. The summed E-state index contributed by atoms with van der Waals surface area (Å²) < 4.78 is 75.8. The standard InChI is InChI=1S/C58H95N5O42/c1-15(69)59-29-20(74)6-57(55(89)90,104-47(29)34(78)22(76)8-64)93-13-27-37(81)46(33(50(88)95-27)63-19(5)73)102-51-31(61-17(3)71)39(83)45(26(12-68)97-51)101-54-43(87)49(38(82)28(99-54)14-94-58(56(91)92)7-21(75)30(60-16(2)70)48(105-58)35(79)23(77)9-65)103-52-32(62-18(4)72)40(84)44(25(11-67)98-52)100-53-42(86)41(85)36(80)24(10-66)96-53/h20-54,64-68,74-88H,6-14H2,1-5H3,(H,59,69)(H,60,70)(H,61,71)(H,62,72)(H,63,73)(H,89,90)(H,91,92)/t20-,21-,22+,23+,24+,25+,26+,27+,28+,29+,30+,31+,32+,33+,34+,35+,36-,37-,38-,39+,40+,41-,42+,43+,44+,45+,46+,47+,48+,49-,50?,51-,52-,53-,54-,57+,58+/m0/s1. The van der Waals surface area contributed by atoms with Gasteiger partial charge in [0.25, 0.3) is 11.6 Å². The number of hydrogen-bond donors (Lipinski definition) is 27. The highest BCUT2D eigenvalue weighted by Crippen LogP contribution is 2.40. The van der Waals surface area contributed by atoms with Crippen LogP contribution in [0.15, 0.2) is 0 Å². The van der Waals surface area contributed by atoms with Gasteiger partial charge in [-0.3, -0.25) is 24.0 Å². The Morgan fingerprint density at radius 2 is 0.714 bits per heavy atom. The minimum Gasteiger partial charge on any atom is -0.477 e. The van der Waals surface area contributed by atoms with Gasteiger partial charge in [-0.25, -0.2) is 9.59 Å². The Labute approximate surface area is 593 Å². The summed E-state index contributed by atoms with van der Waals surface area (Å²) >= 11 is 0. The maximum atomic E-state index is 13.3. The summed E-state index contributed by atoms with van der Waals surface area (Å²) in [5, 5.41) is 253. The summed E-state index contributed by atoms with van der Waals surface area (Å²) in [5.74, 6) is -15.1. The first-order valence-corrected chi connectivity index (χ1v) is 32.8. The molecule has 7 fully saturated rings. The molecule has 0 bridgehead atoms. The van der Waals surface area contributed by atoms with Crippen molar-refractivity contribution in [2.24, 2.45) is 0 Å². The van der Waals surface area contributed by atoms with Crippen LogP contribution in [0.3, 0.4) is 0 Å². The minimum atomic E-state index is -3.22. The fraction of sp³-hybridized carbons (Fsp3) is 0.879. The maximum Gasteiger partial charge on any atom is 0.364 e. The van der Waals surface area contributed by atoms with Gasteiger partial charge in [-0.15, -0.1) is 0 Å². The number of carboxylic acid groups (broad SMARTS) is 2. The van der Waals surface area contributed by atoms with E-state index in [1.165, 1.54) is 0 Å². The van der Waals surface area contributed by atoms with Crippen LogP contribution in [-0.2, 0) is 95.1 Å². The van der Waals surface area contributed by atoms with Crippen molar-refractivity contribution in [2.45, 2.75) is 273 Å². The van der Waals surface area contributed by atoms with Crippen LogP contribution in [0.2, 0.25) is 0 Å². The average molecular weight is 1530 g/mol. The fourth-order valence-electron chi connectivity index (χ4n) is 13.2. The quantitative estimate of drug-likeness (QED) is 0.0318. The second kappa shape index (κ2) is 37.1. The van der Waals surface area contributed by atoms with Crippen molar-refractivity contribution in [3.63, 3.8) is 0 Å². The molecule has 1 unspecified atom stereocenters. The van der Waals surface area contributed by atoms with Crippen LogP contribution in [0.5, 0.6) is 0 Å². The Kier molecular flexibility index (Phi) is 30.8. The van der Waals surface area contributed by atoms with Gasteiger partial charge in [-0.1, -0.05) is 0 Å². The molecule has 604 valence electrons. The van der Waals surface area contributed by atoms with Crippen molar-refractivity contribution < 1.29 is 207 Å². The van der Waals surface area contributed by atoms with E-state index in [4.69, 9.17) is 61.6 Å². The Bertz CT molecular complexity index is 2900. The Balaban J connectivity index is 1.23. The van der Waals surface area contributed by atoms with E-state index in [0.717, 1.165) is 34.6 Å². The van der Waals surface area contributed by atoms with E-state index in [1.807, 2.05) is 0 Å². The van der Waals surface area contributed by atoms with Crippen LogP contribution in [0.25, 0.3) is 0 Å². The van der Waals surface area contributed by atoms with Gasteiger partial charge in [-0.05, 0) is 0 Å². The predicted molar refractivity (Wildman–Crippen MR) is 324 cm³/mol. The Morgan fingerprint density at radius 1 is 0.381 bits per heavy atom. The number of carboxylic acids is 2. The van der Waals surface area contributed by atoms with Crippen molar-refractivity contribution in [1.29, 1.82) is 0 Å². The molecule has 7 aliphatic heterocycles. The summed E-state index contributed by atoms with van der Waals surface area (Å²) in [6.07, 6.45) is -67.1. The highest BCUT2D eigenvalue weighted by molar-refractivity contribution is 5.78. The second-order valence-corrected chi connectivity index (χ2v) is 26.2. The fourth-order valence-corrected chi connectivity index (χ4v) is 13.2. The van der Waals surface area contributed by atoms with Gasteiger partial charge in [0.1, 0.15) is 159 Å². The van der Waals surface area contributed by atoms with Gasteiger partial charge in [0.2, 0.25) is 29.5 Å². The van der Waals surface area contributed by atoms with Crippen LogP contribution in [-0.4, -0.2) is 426 Å². The number of hydrogen-bond acceptors (Lipinski definition) is 40. The SMILES string of the molecule is CC(=O)N[C@H]1[C@H](O[C@H]2[C@@H](O)[C@@H](CO[C@]3(C(=O)O)C[C@H](O)[C@@H](NC(C)=O)[C@H]([C@H](O)[C@H](O)CO)O3)O[C@@H](O[C@H]3[C@H](O)[C@@H](NC(C)=O)[C@H](O[C@H]4[C@@H](O)[C@@H](CO[C@]5(C(=O)O)C[C@H](O)[C@@H](NC(C)=O)[C@H]([C@H](O)[C@H](O)CO)O5)OC(O)[C@@H]4NC(C)=O)O[C@@H]3CO)[C@@H]2O)O[C@H](CO)[C@@H](O[C@@H]2O[C@H](CO)[C@H](O)[C@H](O)[C@H]2O)[C@@H]1O. The first kappa shape index (κ1) is 87.2. The van der Waals surface area contributed by atoms with Crippen LogP contribution in [0, 0.1) is 0 Å². The molecule has 7 heterocycles. The van der Waals surface area contributed by atoms with E-state index in [9.17, 15) is 146 Å². The smallest absolute Gasteiger partial charge is 0.364 e. The van der Waals surface area contributed by atoms with Crippen molar-refractivity contribution in [2.75, 3.05) is 46.2 Å². The molecular formula is C58H95N5O42. The zero-order valence-electron chi connectivity index (χ0n) is 56.6. The van der Waals surface area contributed by atoms with Crippen LogP contribution in [0.4, 0.5) is 0 Å². The first-order chi connectivity index (χ1) is 49.2. The monoisotopic (exact) mass is 1530 g/mol. The molecule has 0 spiro atoms.